The molecule has 1 aliphatic rings. The minimum absolute atomic E-state index is 0.0150. The molecule has 3 aromatic carbocycles. The molecule has 0 aromatic heterocycles. The van der Waals surface area contributed by atoms with E-state index >= 15 is 0 Å². The van der Waals surface area contributed by atoms with E-state index in [4.69, 9.17) is 0 Å². The summed E-state index contributed by atoms with van der Waals surface area (Å²) in [5.41, 5.74) is 2.97. The molecule has 3 aromatic rings. The van der Waals surface area contributed by atoms with Gasteiger partial charge in [-0.3, -0.25) is 4.79 Å². The molecular weight excluding hydrogens is 392 g/mol. The highest BCUT2D eigenvalue weighted by atomic mass is 16.4. The van der Waals surface area contributed by atoms with Gasteiger partial charge in [0.05, 0.1) is 16.8 Å². The van der Waals surface area contributed by atoms with E-state index in [0.717, 1.165) is 42.6 Å². The molecule has 4 N–H and O–H groups in total. The smallest absolute Gasteiger partial charge is 0.337 e. The van der Waals surface area contributed by atoms with Crippen LogP contribution in [0.1, 0.15) is 45.0 Å². The first-order valence-electron chi connectivity index (χ1n) is 10.3. The molecule has 1 amide bonds. The number of piperidine rings is 1. The van der Waals surface area contributed by atoms with Crippen molar-refractivity contribution in [1.82, 2.24) is 5.32 Å². The van der Waals surface area contributed by atoms with Gasteiger partial charge in [-0.15, -0.1) is 0 Å². The summed E-state index contributed by atoms with van der Waals surface area (Å²) in [6, 6.07) is 19.4. The van der Waals surface area contributed by atoms with Crippen LogP contribution in [-0.2, 0) is 0 Å². The average Bonchev–Trinajstić information content (AvgIpc) is 2.80. The van der Waals surface area contributed by atoms with Crippen molar-refractivity contribution in [3.63, 3.8) is 0 Å². The molecule has 1 saturated heterocycles. The van der Waals surface area contributed by atoms with Gasteiger partial charge in [-0.25, -0.2) is 4.79 Å². The van der Waals surface area contributed by atoms with Gasteiger partial charge in [0.2, 0.25) is 0 Å². The maximum Gasteiger partial charge on any atom is 0.337 e. The number of rotatable bonds is 5. The Morgan fingerprint density at radius 3 is 2.26 bits per heavy atom. The predicted molar refractivity (Wildman–Crippen MR) is 120 cm³/mol. The van der Waals surface area contributed by atoms with Crippen LogP contribution in [0.4, 0.5) is 5.69 Å². The zero-order valence-corrected chi connectivity index (χ0v) is 17.0. The van der Waals surface area contributed by atoms with E-state index in [2.05, 4.69) is 10.6 Å². The molecule has 6 nitrogen and oxygen atoms in total. The highest BCUT2D eigenvalue weighted by Crippen LogP contribution is 2.31. The summed E-state index contributed by atoms with van der Waals surface area (Å²) in [6.07, 6.45) is 1.97. The lowest BCUT2D eigenvalue weighted by atomic mass is 9.89. The first kappa shape index (κ1) is 20.6. The van der Waals surface area contributed by atoms with Gasteiger partial charge in [0.25, 0.3) is 5.91 Å². The molecule has 1 fully saturated rings. The number of phenols is 1. The molecule has 0 unspecified atom stereocenters. The zero-order valence-electron chi connectivity index (χ0n) is 17.0. The summed E-state index contributed by atoms with van der Waals surface area (Å²) in [6.45, 7) is 1.87. The fraction of sp³-hybridized carbons (Fsp3) is 0.200. The summed E-state index contributed by atoms with van der Waals surface area (Å²) >= 11 is 0. The Hall–Kier alpha value is -3.64. The molecule has 0 radical (unpaired) electrons. The summed E-state index contributed by atoms with van der Waals surface area (Å²) in [5.74, 6) is -1.45. The maximum atomic E-state index is 12.9. The van der Waals surface area contributed by atoms with Gasteiger partial charge < -0.3 is 20.8 Å². The molecule has 0 bridgehead atoms. The van der Waals surface area contributed by atoms with Crippen molar-refractivity contribution in [3.8, 4) is 16.9 Å². The fourth-order valence-electron chi connectivity index (χ4n) is 3.98. The van der Waals surface area contributed by atoms with Crippen molar-refractivity contribution < 1.29 is 19.8 Å². The van der Waals surface area contributed by atoms with E-state index in [1.165, 1.54) is 6.07 Å². The van der Waals surface area contributed by atoms with Crippen LogP contribution in [0.2, 0.25) is 0 Å². The Morgan fingerprint density at radius 2 is 1.58 bits per heavy atom. The summed E-state index contributed by atoms with van der Waals surface area (Å²) in [7, 11) is 0. The molecule has 31 heavy (non-hydrogen) atoms. The predicted octanol–water partition coefficient (Wildman–Crippen LogP) is 4.48. The second kappa shape index (κ2) is 9.02. The molecular formula is C25H24N2O4. The lowest BCUT2D eigenvalue weighted by Gasteiger charge is -2.23. The molecule has 1 heterocycles. The number of hydrogen-bond donors (Lipinski definition) is 4. The fourth-order valence-corrected chi connectivity index (χ4v) is 3.98. The Labute approximate surface area is 180 Å². The quantitative estimate of drug-likeness (QED) is 0.492. The Bertz CT molecular complexity index is 1110. The molecule has 0 spiro atoms. The SMILES string of the molecule is O=C(Nc1cc(-c2ccccc2)ccc1C(=O)O)c1ccc(C2CCNCC2)cc1O. The number of amides is 1. The number of hydrogen-bond acceptors (Lipinski definition) is 4. The highest BCUT2D eigenvalue weighted by molar-refractivity contribution is 6.09. The monoisotopic (exact) mass is 416 g/mol. The molecule has 6 heteroatoms. The first-order valence-corrected chi connectivity index (χ1v) is 10.3. The van der Waals surface area contributed by atoms with Crippen LogP contribution >= 0.6 is 0 Å². The van der Waals surface area contributed by atoms with Gasteiger partial charge in [0, 0.05) is 0 Å². The van der Waals surface area contributed by atoms with Crippen molar-refractivity contribution in [2.75, 3.05) is 18.4 Å². The van der Waals surface area contributed by atoms with Crippen LogP contribution in [0.5, 0.6) is 5.75 Å². The van der Waals surface area contributed by atoms with Crippen LogP contribution in [0.15, 0.2) is 66.7 Å². The summed E-state index contributed by atoms with van der Waals surface area (Å²) in [4.78, 5) is 24.5. The number of anilines is 1. The van der Waals surface area contributed by atoms with Crippen molar-refractivity contribution in [2.24, 2.45) is 0 Å². The topological polar surface area (TPSA) is 98.7 Å². The van der Waals surface area contributed by atoms with Gasteiger partial charge in [-0.1, -0.05) is 42.5 Å². The minimum Gasteiger partial charge on any atom is -0.507 e. The van der Waals surface area contributed by atoms with Gasteiger partial charge in [0.15, 0.2) is 0 Å². The Morgan fingerprint density at radius 1 is 0.871 bits per heavy atom. The van der Waals surface area contributed by atoms with Crippen LogP contribution in [0.25, 0.3) is 11.1 Å². The zero-order chi connectivity index (χ0) is 21.8. The third-order valence-corrected chi connectivity index (χ3v) is 5.68. The number of aromatic hydroxyl groups is 1. The third kappa shape index (κ3) is 4.59. The largest absolute Gasteiger partial charge is 0.507 e. The molecule has 4 rings (SSSR count). The number of phenolic OH excluding ortho intramolecular Hbond substituents is 1. The standard InChI is InChI=1S/C25H24N2O4/c28-23-15-19(17-10-12-26-13-11-17)7-9-21(23)24(29)27-22-14-18(6-8-20(22)25(30)31)16-4-2-1-3-5-16/h1-9,14-15,17,26,28H,10-13H2,(H,27,29)(H,30,31). The number of nitrogens with one attached hydrogen (secondary N) is 2. The molecule has 0 saturated carbocycles. The number of carbonyl (C=O) groups excluding carboxylic acids is 1. The number of benzene rings is 3. The minimum atomic E-state index is -1.14. The number of aromatic carboxylic acids is 1. The normalized spacial score (nSPS) is 14.2. The van der Waals surface area contributed by atoms with E-state index < -0.39 is 11.9 Å². The molecule has 158 valence electrons. The third-order valence-electron chi connectivity index (χ3n) is 5.68. The van der Waals surface area contributed by atoms with E-state index in [1.54, 1.807) is 24.3 Å². The van der Waals surface area contributed by atoms with Crippen LogP contribution in [-0.4, -0.2) is 35.2 Å². The molecule has 0 aliphatic carbocycles. The van der Waals surface area contributed by atoms with Crippen molar-refractivity contribution >= 4 is 17.6 Å². The van der Waals surface area contributed by atoms with Crippen LogP contribution < -0.4 is 10.6 Å². The van der Waals surface area contributed by atoms with Crippen molar-refractivity contribution in [1.29, 1.82) is 0 Å². The van der Waals surface area contributed by atoms with Gasteiger partial charge >= 0.3 is 5.97 Å². The van der Waals surface area contributed by atoms with Crippen molar-refractivity contribution in [3.05, 3.63) is 83.4 Å². The van der Waals surface area contributed by atoms with E-state index in [9.17, 15) is 19.8 Å². The molecule has 0 atom stereocenters. The lowest BCUT2D eigenvalue weighted by Crippen LogP contribution is -2.26. The summed E-state index contributed by atoms with van der Waals surface area (Å²) in [5, 5.41) is 26.0. The maximum absolute atomic E-state index is 12.9. The average molecular weight is 416 g/mol. The highest BCUT2D eigenvalue weighted by Gasteiger charge is 2.20. The lowest BCUT2D eigenvalue weighted by molar-refractivity contribution is 0.0698. The van der Waals surface area contributed by atoms with Crippen molar-refractivity contribution in [2.45, 2.75) is 18.8 Å². The van der Waals surface area contributed by atoms with E-state index in [0.29, 0.717) is 5.92 Å². The van der Waals surface area contributed by atoms with Gasteiger partial charge in [-0.05, 0) is 72.8 Å². The number of carboxylic acids is 1. The second-order valence-corrected chi connectivity index (χ2v) is 7.69. The number of carboxylic acid groups (broad SMARTS) is 1. The Kier molecular flexibility index (Phi) is 6.00. The first-order chi connectivity index (χ1) is 15.0. The molecule has 1 aliphatic heterocycles. The number of carbonyl (C=O) groups is 2. The van der Waals surface area contributed by atoms with Gasteiger partial charge in [-0.2, -0.15) is 0 Å². The van der Waals surface area contributed by atoms with Crippen LogP contribution in [0.3, 0.4) is 0 Å². The van der Waals surface area contributed by atoms with E-state index in [-0.39, 0.29) is 22.6 Å². The van der Waals surface area contributed by atoms with E-state index in [1.807, 2.05) is 36.4 Å². The Balaban J connectivity index is 1.61. The summed E-state index contributed by atoms with van der Waals surface area (Å²) < 4.78 is 0. The van der Waals surface area contributed by atoms with Crippen LogP contribution in [0, 0.1) is 0 Å². The second-order valence-electron chi connectivity index (χ2n) is 7.69. The van der Waals surface area contributed by atoms with Gasteiger partial charge in [0.1, 0.15) is 5.75 Å².